The SMILES string of the molecule is C.Cc1cc(-c2ncc3c(N4CC5CCC(C4)N5)nc(OCC45CCCN4CCC5)nc3c2F)c2c(Cl)cccc2c1.Cc1cc(-c2ncc3c(N4CC5CCC(C4)N5C(=O)OC(C)(C)C)nc(OCC45CCCN4CCC5)nc3c2F)c2c(Cl)cccc2c1.Cc1cc(-c2ncc3c(N4CC5CCC(C4)N5C(=O)OC(C)(C)C)nc(OCC45CCCN4CCC5)nc3c2F)c2c(Cl)cccc2c1.I.[HH]. The van der Waals surface area contributed by atoms with Crippen LogP contribution in [0.25, 0.3) is 98.8 Å². The number of piperazine rings is 3. The molecule has 139 heavy (non-hydrogen) atoms. The Kier molecular flexibility index (Phi) is 26.5. The van der Waals surface area contributed by atoms with Gasteiger partial charge in [0.2, 0.25) is 0 Å². The lowest BCUT2D eigenvalue weighted by Gasteiger charge is -2.42. The molecule has 6 unspecified atom stereocenters. The van der Waals surface area contributed by atoms with Crippen LogP contribution in [0, 0.1) is 38.2 Å². The van der Waals surface area contributed by atoms with Crippen LogP contribution < -0.4 is 34.2 Å². The second-order valence-corrected chi connectivity index (χ2v) is 43.7. The molecule has 32 heteroatoms. The Morgan fingerprint density at radius 2 is 0.698 bits per heavy atom. The number of amides is 2. The number of hydrogen-bond acceptors (Lipinski definition) is 23. The largest absolute Gasteiger partial charge is 0.461 e. The molecule has 12 fully saturated rings. The molecule has 0 spiro atoms. The molecule has 12 aromatic rings. The van der Waals surface area contributed by atoms with Gasteiger partial charge in [0, 0.05) is 119 Å². The van der Waals surface area contributed by atoms with E-state index in [4.69, 9.17) is 103 Å². The second kappa shape index (κ2) is 38.1. The van der Waals surface area contributed by atoms with E-state index in [-0.39, 0.29) is 137 Å². The van der Waals surface area contributed by atoms with Crippen LogP contribution in [0.4, 0.5) is 40.2 Å². The maximum absolute atomic E-state index is 17.0. The number of benzene rings is 6. The summed E-state index contributed by atoms with van der Waals surface area (Å²) in [5.74, 6) is 0.318. The van der Waals surface area contributed by atoms with Gasteiger partial charge in [0.15, 0.2) is 17.5 Å². The number of carbonyl (C=O) groups is 2. The maximum Gasteiger partial charge on any atom is 0.410 e. The standard InChI is InChI=1S/2C37H42ClFN6O3.C32H34ClFN6O.CH4.HI.H2/c2*1-22-16-23-8-5-9-28(38)29(23)26(17-22)31-30(39)32-27(18-40-31)33(42-34(41-32)47-21-37-12-6-14-44(37)15-7-13-37)43-19-24-10-11-25(20-43)45(24)35(46)48-36(2,3)4;1-19-13-20-5-2-6-25(33)26(20)23(14-19)28-27(34)29-24(15-35-28)30(39-16-21-7-8-22(17-39)36-21)38-31(37-29)41-18-32-9-3-11-40(32)12-4-10-32;;;/h2*5,8-9,16-18,24-25H,6-7,10-15,19-21H2,1-4H3;2,5-6,13-15,21-22,36H,3-4,7-12,16-18H2,1H3;1H4;2*1H. The number of hydrogen-bond donors (Lipinski definition) is 1. The van der Waals surface area contributed by atoms with Gasteiger partial charge < -0.3 is 43.7 Å². The second-order valence-electron chi connectivity index (χ2n) is 42.5. The van der Waals surface area contributed by atoms with Gasteiger partial charge in [-0.25, -0.2) is 22.8 Å². The third-order valence-electron chi connectivity index (χ3n) is 31.0. The molecular weight excluding hydrogens is 1940 g/mol. The molecule has 2 amide bonds. The van der Waals surface area contributed by atoms with Gasteiger partial charge in [0.1, 0.15) is 82.1 Å². The number of anilines is 3. The summed E-state index contributed by atoms with van der Waals surface area (Å²) in [6.45, 7) is 29.1. The lowest BCUT2D eigenvalue weighted by molar-refractivity contribution is 0.0111. The van der Waals surface area contributed by atoms with Crippen molar-refractivity contribution in [1.29, 1.82) is 0 Å². The van der Waals surface area contributed by atoms with Crippen LogP contribution in [0.5, 0.6) is 18.0 Å². The molecule has 0 radical (unpaired) electrons. The first-order chi connectivity index (χ1) is 66.0. The summed E-state index contributed by atoms with van der Waals surface area (Å²) in [6, 6.07) is 30.2. The normalized spacial score (nSPS) is 22.2. The van der Waals surface area contributed by atoms with Crippen molar-refractivity contribution < 1.29 is 47.9 Å². The lowest BCUT2D eigenvalue weighted by Crippen LogP contribution is -2.57. The number of aryl methyl sites for hydroxylation is 3. The molecule has 6 aromatic carbocycles. The van der Waals surface area contributed by atoms with Crippen molar-refractivity contribution in [2.24, 2.45) is 0 Å². The van der Waals surface area contributed by atoms with E-state index < -0.39 is 28.7 Å². The number of fused-ring (bicyclic) bond motifs is 15. The molecule has 6 bridgehead atoms. The number of nitrogens with zero attached hydrogens (tertiary/aromatic N) is 17. The van der Waals surface area contributed by atoms with Gasteiger partial charge >= 0.3 is 30.2 Å². The highest BCUT2D eigenvalue weighted by molar-refractivity contribution is 14.0. The molecule has 0 saturated carbocycles. The van der Waals surface area contributed by atoms with Crippen LogP contribution in [-0.4, -0.2) is 244 Å². The molecule has 734 valence electrons. The zero-order valence-corrected chi connectivity index (χ0v) is 84.4. The Balaban J connectivity index is 0.000000133. The molecule has 6 aromatic heterocycles. The van der Waals surface area contributed by atoms with Crippen molar-refractivity contribution in [2.45, 2.75) is 249 Å². The summed E-state index contributed by atoms with van der Waals surface area (Å²) < 4.78 is 81.5. The first kappa shape index (κ1) is 96.6. The fraction of sp³-hybridized carbons (Fsp3) is 0.505. The highest BCUT2D eigenvalue weighted by Crippen LogP contribution is 2.49. The fourth-order valence-electron chi connectivity index (χ4n) is 25.0. The Hall–Kier alpha value is -9.86. The van der Waals surface area contributed by atoms with E-state index in [1.165, 1.54) is 12.8 Å². The summed E-state index contributed by atoms with van der Waals surface area (Å²) in [4.78, 5) is 87.5. The summed E-state index contributed by atoms with van der Waals surface area (Å²) in [5, 5.41) is 12.0. The first-order valence-electron chi connectivity index (χ1n) is 49.3. The molecule has 24 rings (SSSR count). The minimum atomic E-state index is -0.579. The van der Waals surface area contributed by atoms with E-state index in [9.17, 15) is 9.59 Å². The predicted molar refractivity (Wildman–Crippen MR) is 555 cm³/mol. The minimum absolute atomic E-state index is 0. The quantitative estimate of drug-likeness (QED) is 0.0939. The highest BCUT2D eigenvalue weighted by Gasteiger charge is 2.51. The maximum atomic E-state index is 17.0. The molecule has 12 aliphatic rings. The minimum Gasteiger partial charge on any atom is -0.461 e. The van der Waals surface area contributed by atoms with Gasteiger partial charge in [0.05, 0.1) is 56.9 Å². The van der Waals surface area contributed by atoms with Crippen LogP contribution >= 0.6 is 58.8 Å². The van der Waals surface area contributed by atoms with E-state index in [1.807, 2.05) is 157 Å². The van der Waals surface area contributed by atoms with Gasteiger partial charge in [-0.15, -0.1) is 24.0 Å². The average Bonchev–Trinajstić information content (AvgIpc) is 0.993. The number of halogens is 7. The number of rotatable bonds is 15. The molecular formula is C107H125Cl3F3IN18O7. The molecule has 1 N–H and O–H groups in total. The molecule has 25 nitrogen and oxygen atoms in total. The Bertz CT molecular complexity index is 6480. The van der Waals surface area contributed by atoms with Crippen molar-refractivity contribution in [3.63, 3.8) is 0 Å². The van der Waals surface area contributed by atoms with Crippen molar-refractivity contribution in [3.8, 4) is 51.8 Å². The van der Waals surface area contributed by atoms with Crippen LogP contribution in [0.3, 0.4) is 0 Å². The number of carbonyl (C=O) groups excluding carboxylic acids is 2. The Morgan fingerprint density at radius 3 is 0.978 bits per heavy atom. The van der Waals surface area contributed by atoms with E-state index in [0.29, 0.717) is 123 Å². The van der Waals surface area contributed by atoms with E-state index in [1.54, 1.807) is 18.6 Å². The fourth-order valence-corrected chi connectivity index (χ4v) is 25.9. The lowest BCUT2D eigenvalue weighted by atomic mass is 9.95. The molecule has 18 heterocycles. The van der Waals surface area contributed by atoms with Crippen LogP contribution in [0.1, 0.15) is 183 Å². The zero-order valence-electron chi connectivity index (χ0n) is 79.8. The van der Waals surface area contributed by atoms with Gasteiger partial charge in [-0.1, -0.05) is 96.8 Å². The molecule has 12 saturated heterocycles. The van der Waals surface area contributed by atoms with Crippen LogP contribution in [-0.2, 0) is 9.47 Å². The van der Waals surface area contributed by atoms with Crippen LogP contribution in [0.2, 0.25) is 15.1 Å². The predicted octanol–water partition coefficient (Wildman–Crippen LogP) is 22.5. The highest BCUT2D eigenvalue weighted by atomic mass is 127. The van der Waals surface area contributed by atoms with E-state index >= 15 is 13.2 Å². The smallest absolute Gasteiger partial charge is 0.410 e. The van der Waals surface area contributed by atoms with Crippen LogP contribution in [0.15, 0.2) is 110 Å². The van der Waals surface area contributed by atoms with Crippen molar-refractivity contribution >= 4 is 153 Å². The molecule has 12 aliphatic heterocycles. The van der Waals surface area contributed by atoms with Gasteiger partial charge in [-0.05, 0) is 286 Å². The summed E-state index contributed by atoms with van der Waals surface area (Å²) >= 11 is 20.0. The monoisotopic (exact) mass is 2060 g/mol. The third-order valence-corrected chi connectivity index (χ3v) is 32.0. The molecule has 6 atom stereocenters. The summed E-state index contributed by atoms with van der Waals surface area (Å²) in [5.41, 5.74) is 4.90. The third kappa shape index (κ3) is 18.3. The topological polar surface area (TPSA) is 234 Å². The van der Waals surface area contributed by atoms with E-state index in [2.05, 4.69) is 40.8 Å². The Morgan fingerprint density at radius 1 is 0.417 bits per heavy atom. The van der Waals surface area contributed by atoms with Gasteiger partial charge in [0.25, 0.3) is 0 Å². The summed E-state index contributed by atoms with van der Waals surface area (Å²) in [6.07, 6.45) is 23.8. The zero-order chi connectivity index (χ0) is 94.5. The molecule has 0 aliphatic carbocycles. The van der Waals surface area contributed by atoms with E-state index in [0.717, 1.165) is 204 Å². The summed E-state index contributed by atoms with van der Waals surface area (Å²) in [7, 11) is 0. The number of aromatic nitrogens is 9. The van der Waals surface area contributed by atoms with Gasteiger partial charge in [-0.3, -0.25) is 39.5 Å². The van der Waals surface area contributed by atoms with Crippen molar-refractivity contribution in [1.82, 2.24) is 74.7 Å². The number of ether oxygens (including phenoxy) is 5. The van der Waals surface area contributed by atoms with Crippen molar-refractivity contribution in [3.05, 3.63) is 159 Å². The van der Waals surface area contributed by atoms with Crippen molar-refractivity contribution in [2.75, 3.05) is 113 Å². The van der Waals surface area contributed by atoms with Gasteiger partial charge in [-0.2, -0.15) is 29.9 Å². The average molecular weight is 2070 g/mol. The number of nitrogens with one attached hydrogen (secondary N) is 1. The Labute approximate surface area is 843 Å². The number of pyridine rings is 3. The first-order valence-corrected chi connectivity index (χ1v) is 50.4.